The van der Waals surface area contributed by atoms with E-state index in [1.54, 1.807) is 0 Å². The molecule has 2 heterocycles. The molecule has 0 unspecified atom stereocenters. The van der Waals surface area contributed by atoms with Gasteiger partial charge in [0.05, 0.1) is 11.4 Å². The Balaban J connectivity index is 2.51. The Morgan fingerprint density at radius 2 is 2.08 bits per heavy atom. The number of aromatic nitrogens is 2. The summed E-state index contributed by atoms with van der Waals surface area (Å²) >= 11 is 0. The lowest BCUT2D eigenvalue weighted by molar-refractivity contribution is -0.146. The number of halogens is 3. The molecule has 6 heteroatoms. The number of fused-ring (bicyclic) bond motifs is 1. The highest BCUT2D eigenvalue weighted by Gasteiger charge is 2.38. The first-order chi connectivity index (χ1) is 6.00. The van der Waals surface area contributed by atoms with Crippen LogP contribution >= 0.6 is 0 Å². The summed E-state index contributed by atoms with van der Waals surface area (Å²) in [5.41, 5.74) is 1.14. The van der Waals surface area contributed by atoms with Crippen molar-refractivity contribution in [1.82, 2.24) is 14.9 Å². The maximum Gasteiger partial charge on any atom is 0.449 e. The van der Waals surface area contributed by atoms with Crippen molar-refractivity contribution in [3.8, 4) is 0 Å². The van der Waals surface area contributed by atoms with E-state index in [9.17, 15) is 13.2 Å². The number of nitrogens with one attached hydrogen (secondary N) is 1. The van der Waals surface area contributed by atoms with E-state index in [-0.39, 0.29) is 0 Å². The lowest BCUT2D eigenvalue weighted by Gasteiger charge is -2.07. The monoisotopic (exact) mass is 191 g/mol. The SMILES string of the molecule is Cn1c(C(F)(F)F)nc2c1CNC2. The lowest BCUT2D eigenvalue weighted by Crippen LogP contribution is -2.16. The molecule has 1 aromatic rings. The van der Waals surface area contributed by atoms with E-state index in [0.29, 0.717) is 24.5 Å². The fraction of sp³-hybridized carbons (Fsp3) is 0.571. The average Bonchev–Trinajstić information content (AvgIpc) is 2.51. The van der Waals surface area contributed by atoms with Crippen LogP contribution in [0.2, 0.25) is 0 Å². The quantitative estimate of drug-likeness (QED) is 0.664. The van der Waals surface area contributed by atoms with Gasteiger partial charge in [0.2, 0.25) is 5.82 Å². The summed E-state index contributed by atoms with van der Waals surface area (Å²) < 4.78 is 38.0. The van der Waals surface area contributed by atoms with Crippen LogP contribution in [0.5, 0.6) is 0 Å². The first-order valence-corrected chi connectivity index (χ1v) is 3.82. The van der Waals surface area contributed by atoms with E-state index in [4.69, 9.17) is 0 Å². The van der Waals surface area contributed by atoms with Gasteiger partial charge in [-0.05, 0) is 0 Å². The van der Waals surface area contributed by atoms with Crippen LogP contribution in [0.1, 0.15) is 17.2 Å². The zero-order valence-corrected chi connectivity index (χ0v) is 6.94. The Morgan fingerprint density at radius 1 is 1.38 bits per heavy atom. The van der Waals surface area contributed by atoms with E-state index in [1.165, 1.54) is 7.05 Å². The lowest BCUT2D eigenvalue weighted by atomic mass is 10.4. The highest BCUT2D eigenvalue weighted by Crippen LogP contribution is 2.30. The van der Waals surface area contributed by atoms with Crippen LogP contribution < -0.4 is 5.32 Å². The second kappa shape index (κ2) is 2.47. The number of rotatable bonds is 0. The minimum Gasteiger partial charge on any atom is -0.326 e. The van der Waals surface area contributed by atoms with Crippen molar-refractivity contribution in [2.24, 2.45) is 7.05 Å². The van der Waals surface area contributed by atoms with Crippen molar-refractivity contribution < 1.29 is 13.2 Å². The normalized spacial score (nSPS) is 16.3. The van der Waals surface area contributed by atoms with Crippen molar-refractivity contribution in [2.75, 3.05) is 0 Å². The third-order valence-corrected chi connectivity index (χ3v) is 2.13. The van der Waals surface area contributed by atoms with Crippen molar-refractivity contribution in [3.05, 3.63) is 17.2 Å². The van der Waals surface area contributed by atoms with Crippen LogP contribution in [0.3, 0.4) is 0 Å². The summed E-state index contributed by atoms with van der Waals surface area (Å²) in [5, 5.41) is 2.94. The smallest absolute Gasteiger partial charge is 0.326 e. The van der Waals surface area contributed by atoms with Crippen molar-refractivity contribution in [1.29, 1.82) is 0 Å². The topological polar surface area (TPSA) is 29.9 Å². The molecule has 0 aromatic carbocycles. The molecule has 0 atom stereocenters. The molecule has 0 saturated heterocycles. The molecule has 2 rings (SSSR count). The van der Waals surface area contributed by atoms with Crippen molar-refractivity contribution in [3.63, 3.8) is 0 Å². The van der Waals surface area contributed by atoms with Crippen LogP contribution in [-0.2, 0) is 26.3 Å². The molecule has 1 N–H and O–H groups in total. The van der Waals surface area contributed by atoms with Crippen LogP contribution in [0.4, 0.5) is 13.2 Å². The Hall–Kier alpha value is -1.04. The molecule has 0 fully saturated rings. The van der Waals surface area contributed by atoms with Crippen LogP contribution in [-0.4, -0.2) is 9.55 Å². The van der Waals surface area contributed by atoms with Gasteiger partial charge in [0, 0.05) is 20.1 Å². The second-order valence-corrected chi connectivity index (χ2v) is 2.99. The van der Waals surface area contributed by atoms with Gasteiger partial charge in [-0.1, -0.05) is 0 Å². The van der Waals surface area contributed by atoms with Gasteiger partial charge in [-0.2, -0.15) is 13.2 Å². The molecule has 1 aliphatic heterocycles. The summed E-state index contributed by atoms with van der Waals surface area (Å²) in [4.78, 5) is 3.54. The standard InChI is InChI=1S/C7H8F3N3/c1-13-5-3-11-2-4(5)12-6(13)7(8,9)10/h11H,2-3H2,1H3. The minimum atomic E-state index is -4.35. The highest BCUT2D eigenvalue weighted by molar-refractivity contribution is 5.21. The first kappa shape index (κ1) is 8.55. The maximum atomic E-state index is 12.3. The molecule has 0 spiro atoms. The molecular weight excluding hydrogens is 183 g/mol. The molecule has 72 valence electrons. The summed E-state index contributed by atoms with van der Waals surface area (Å²) in [5.74, 6) is -0.806. The zero-order chi connectivity index (χ0) is 9.64. The number of nitrogens with zero attached hydrogens (tertiary/aromatic N) is 2. The Kier molecular flexibility index (Phi) is 1.63. The van der Waals surface area contributed by atoms with E-state index in [0.717, 1.165) is 4.57 Å². The summed E-state index contributed by atoms with van der Waals surface area (Å²) in [6, 6.07) is 0. The summed E-state index contributed by atoms with van der Waals surface area (Å²) in [6.07, 6.45) is -4.35. The fourth-order valence-electron chi connectivity index (χ4n) is 1.50. The second-order valence-electron chi connectivity index (χ2n) is 2.99. The van der Waals surface area contributed by atoms with Crippen LogP contribution in [0.25, 0.3) is 0 Å². The molecule has 0 amide bonds. The molecule has 1 aliphatic rings. The van der Waals surface area contributed by atoms with E-state index in [2.05, 4.69) is 10.3 Å². The van der Waals surface area contributed by atoms with Crippen LogP contribution in [0, 0.1) is 0 Å². The summed E-state index contributed by atoms with van der Waals surface area (Å²) in [7, 11) is 1.39. The van der Waals surface area contributed by atoms with Gasteiger partial charge in [0.1, 0.15) is 0 Å². The van der Waals surface area contributed by atoms with Gasteiger partial charge in [-0.15, -0.1) is 0 Å². The molecule has 0 bridgehead atoms. The molecule has 13 heavy (non-hydrogen) atoms. The Labute approximate surface area is 72.6 Å². The molecular formula is C7H8F3N3. The maximum absolute atomic E-state index is 12.3. The van der Waals surface area contributed by atoms with E-state index in [1.807, 2.05) is 0 Å². The predicted molar refractivity (Wildman–Crippen MR) is 38.8 cm³/mol. The van der Waals surface area contributed by atoms with Crippen molar-refractivity contribution in [2.45, 2.75) is 19.3 Å². The van der Waals surface area contributed by atoms with Gasteiger partial charge >= 0.3 is 6.18 Å². The number of hydrogen-bond donors (Lipinski definition) is 1. The zero-order valence-electron chi connectivity index (χ0n) is 6.94. The first-order valence-electron chi connectivity index (χ1n) is 3.82. The molecule has 0 radical (unpaired) electrons. The highest BCUT2D eigenvalue weighted by atomic mass is 19.4. The van der Waals surface area contributed by atoms with Gasteiger partial charge in [-0.25, -0.2) is 4.98 Å². The van der Waals surface area contributed by atoms with Gasteiger partial charge in [0.15, 0.2) is 0 Å². The fourth-order valence-corrected chi connectivity index (χ4v) is 1.50. The van der Waals surface area contributed by atoms with Gasteiger partial charge in [-0.3, -0.25) is 0 Å². The predicted octanol–water partition coefficient (Wildman–Crippen LogP) is 1.04. The van der Waals surface area contributed by atoms with Crippen molar-refractivity contribution >= 4 is 0 Å². The molecule has 3 nitrogen and oxygen atoms in total. The van der Waals surface area contributed by atoms with E-state index < -0.39 is 12.0 Å². The third kappa shape index (κ3) is 1.21. The Morgan fingerprint density at radius 3 is 2.62 bits per heavy atom. The average molecular weight is 191 g/mol. The number of imidazole rings is 1. The third-order valence-electron chi connectivity index (χ3n) is 2.13. The van der Waals surface area contributed by atoms with E-state index >= 15 is 0 Å². The summed E-state index contributed by atoms with van der Waals surface area (Å²) in [6.45, 7) is 0.897. The molecule has 0 saturated carbocycles. The molecule has 1 aromatic heterocycles. The minimum absolute atomic E-state index is 0.430. The van der Waals surface area contributed by atoms with Crippen LogP contribution in [0.15, 0.2) is 0 Å². The molecule has 0 aliphatic carbocycles. The number of hydrogen-bond acceptors (Lipinski definition) is 2. The largest absolute Gasteiger partial charge is 0.449 e. The van der Waals surface area contributed by atoms with Gasteiger partial charge in [0.25, 0.3) is 0 Å². The number of alkyl halides is 3. The van der Waals surface area contributed by atoms with Gasteiger partial charge < -0.3 is 9.88 Å². The Bertz CT molecular complexity index is 339.